The molecule has 1 heterocycles. The molecule has 0 aromatic carbocycles. The fourth-order valence-corrected chi connectivity index (χ4v) is 2.45. The second-order valence-corrected chi connectivity index (χ2v) is 6.50. The molecule has 96 valence electrons. The van der Waals surface area contributed by atoms with Crippen LogP contribution in [0.5, 0.6) is 0 Å². The van der Waals surface area contributed by atoms with E-state index >= 15 is 0 Å². The molecular formula is C14H30N2. The molecule has 2 heteroatoms. The lowest BCUT2D eigenvalue weighted by molar-refractivity contribution is 0.112. The summed E-state index contributed by atoms with van der Waals surface area (Å²) in [7, 11) is 0. The van der Waals surface area contributed by atoms with Gasteiger partial charge in [0.05, 0.1) is 0 Å². The van der Waals surface area contributed by atoms with Crippen LogP contribution < -0.4 is 5.32 Å². The van der Waals surface area contributed by atoms with E-state index in [1.165, 1.54) is 38.9 Å². The van der Waals surface area contributed by atoms with Crippen molar-refractivity contribution in [2.24, 2.45) is 5.41 Å². The predicted molar refractivity (Wildman–Crippen MR) is 71.8 cm³/mol. The minimum atomic E-state index is 0.385. The normalized spacial score (nSPS) is 22.3. The van der Waals surface area contributed by atoms with Crippen LogP contribution in [0.2, 0.25) is 0 Å². The summed E-state index contributed by atoms with van der Waals surface area (Å²) in [5, 5.41) is 3.72. The zero-order valence-corrected chi connectivity index (χ0v) is 11.9. The molecule has 0 unspecified atom stereocenters. The first-order chi connectivity index (χ1) is 7.41. The summed E-state index contributed by atoms with van der Waals surface area (Å²) in [5.41, 5.74) is 0.849. The van der Waals surface area contributed by atoms with Gasteiger partial charge in [-0.15, -0.1) is 0 Å². The van der Waals surface area contributed by atoms with Gasteiger partial charge in [-0.1, -0.05) is 34.6 Å². The second kappa shape index (κ2) is 5.50. The lowest BCUT2D eigenvalue weighted by Crippen LogP contribution is -2.60. The highest BCUT2D eigenvalue weighted by atomic mass is 15.2. The van der Waals surface area contributed by atoms with Gasteiger partial charge in [-0.2, -0.15) is 0 Å². The third-order valence-electron chi connectivity index (χ3n) is 3.99. The molecule has 0 bridgehead atoms. The van der Waals surface area contributed by atoms with Crippen molar-refractivity contribution in [2.75, 3.05) is 26.2 Å². The summed E-state index contributed by atoms with van der Waals surface area (Å²) in [4.78, 5) is 2.65. The second-order valence-electron chi connectivity index (χ2n) is 6.50. The van der Waals surface area contributed by atoms with Crippen LogP contribution in [0.15, 0.2) is 0 Å². The fourth-order valence-electron chi connectivity index (χ4n) is 2.45. The van der Waals surface area contributed by atoms with E-state index < -0.39 is 0 Å². The van der Waals surface area contributed by atoms with Gasteiger partial charge < -0.3 is 10.2 Å². The minimum absolute atomic E-state index is 0.385. The Kier molecular flexibility index (Phi) is 4.81. The summed E-state index contributed by atoms with van der Waals surface area (Å²) >= 11 is 0. The van der Waals surface area contributed by atoms with Crippen molar-refractivity contribution in [3.05, 3.63) is 0 Å². The molecule has 1 fully saturated rings. The molecule has 0 aliphatic carbocycles. The SMILES string of the molecule is CCC1(CC)CN(CCC(C)(C)C)CCN1. The Bertz CT molecular complexity index is 201. The van der Waals surface area contributed by atoms with Crippen LogP contribution in [-0.4, -0.2) is 36.6 Å². The van der Waals surface area contributed by atoms with E-state index in [1.54, 1.807) is 0 Å². The summed E-state index contributed by atoms with van der Waals surface area (Å²) in [6, 6.07) is 0. The Morgan fingerprint density at radius 3 is 2.31 bits per heavy atom. The highest BCUT2D eigenvalue weighted by molar-refractivity contribution is 4.92. The number of nitrogens with one attached hydrogen (secondary N) is 1. The molecule has 0 saturated carbocycles. The summed E-state index contributed by atoms with van der Waals surface area (Å²) < 4.78 is 0. The van der Waals surface area contributed by atoms with Crippen LogP contribution in [-0.2, 0) is 0 Å². The van der Waals surface area contributed by atoms with Crippen LogP contribution in [0.4, 0.5) is 0 Å². The van der Waals surface area contributed by atoms with Crippen molar-refractivity contribution in [3.8, 4) is 0 Å². The molecule has 2 nitrogen and oxygen atoms in total. The van der Waals surface area contributed by atoms with Crippen molar-refractivity contribution in [2.45, 2.75) is 59.4 Å². The van der Waals surface area contributed by atoms with Crippen LogP contribution in [0.25, 0.3) is 0 Å². The smallest absolute Gasteiger partial charge is 0.0304 e. The molecule has 0 aromatic heterocycles. The first kappa shape index (κ1) is 14.0. The standard InChI is InChI=1S/C14H30N2/c1-6-14(7-2)12-16(11-9-15-14)10-8-13(3,4)5/h15H,6-12H2,1-5H3. The number of rotatable bonds is 4. The van der Waals surface area contributed by atoms with Crippen LogP contribution in [0, 0.1) is 5.41 Å². The lowest BCUT2D eigenvalue weighted by atomic mass is 9.88. The predicted octanol–water partition coefficient (Wildman–Crippen LogP) is 2.89. The Hall–Kier alpha value is -0.0800. The number of nitrogens with zero attached hydrogens (tertiary/aromatic N) is 1. The van der Waals surface area contributed by atoms with Gasteiger partial charge in [0.15, 0.2) is 0 Å². The summed E-state index contributed by atoms with van der Waals surface area (Å²) in [6.45, 7) is 16.5. The molecule has 0 spiro atoms. The molecule has 0 atom stereocenters. The maximum atomic E-state index is 3.72. The quantitative estimate of drug-likeness (QED) is 0.793. The van der Waals surface area contributed by atoms with Gasteiger partial charge in [-0.25, -0.2) is 0 Å². The Labute approximate surface area is 102 Å². The van der Waals surface area contributed by atoms with E-state index in [4.69, 9.17) is 0 Å². The van der Waals surface area contributed by atoms with E-state index in [0.717, 1.165) is 6.54 Å². The van der Waals surface area contributed by atoms with Gasteiger partial charge in [0.1, 0.15) is 0 Å². The van der Waals surface area contributed by atoms with E-state index in [2.05, 4.69) is 44.8 Å². The van der Waals surface area contributed by atoms with Crippen molar-refractivity contribution in [1.82, 2.24) is 10.2 Å². The Morgan fingerprint density at radius 2 is 1.81 bits per heavy atom. The first-order valence-electron chi connectivity index (χ1n) is 6.88. The van der Waals surface area contributed by atoms with Gasteiger partial charge >= 0.3 is 0 Å². The fraction of sp³-hybridized carbons (Fsp3) is 1.00. The van der Waals surface area contributed by atoms with Crippen LogP contribution in [0.3, 0.4) is 0 Å². The Balaban J connectivity index is 2.44. The van der Waals surface area contributed by atoms with E-state index in [1.807, 2.05) is 0 Å². The van der Waals surface area contributed by atoms with E-state index in [0.29, 0.717) is 11.0 Å². The van der Waals surface area contributed by atoms with Crippen molar-refractivity contribution in [1.29, 1.82) is 0 Å². The largest absolute Gasteiger partial charge is 0.309 e. The average Bonchev–Trinajstić information content (AvgIpc) is 2.26. The molecular weight excluding hydrogens is 196 g/mol. The first-order valence-corrected chi connectivity index (χ1v) is 6.88. The monoisotopic (exact) mass is 226 g/mol. The maximum Gasteiger partial charge on any atom is 0.0304 e. The van der Waals surface area contributed by atoms with E-state index in [9.17, 15) is 0 Å². The highest BCUT2D eigenvalue weighted by Crippen LogP contribution is 2.23. The third kappa shape index (κ3) is 4.06. The molecule has 1 N–H and O–H groups in total. The average molecular weight is 226 g/mol. The van der Waals surface area contributed by atoms with Crippen molar-refractivity contribution < 1.29 is 0 Å². The van der Waals surface area contributed by atoms with Crippen LogP contribution in [0.1, 0.15) is 53.9 Å². The van der Waals surface area contributed by atoms with Gasteiger partial charge in [0, 0.05) is 25.2 Å². The topological polar surface area (TPSA) is 15.3 Å². The highest BCUT2D eigenvalue weighted by Gasteiger charge is 2.31. The van der Waals surface area contributed by atoms with Gasteiger partial charge in [0.2, 0.25) is 0 Å². The third-order valence-corrected chi connectivity index (χ3v) is 3.99. The summed E-state index contributed by atoms with van der Waals surface area (Å²) in [5.74, 6) is 0. The maximum absolute atomic E-state index is 3.72. The molecule has 16 heavy (non-hydrogen) atoms. The van der Waals surface area contributed by atoms with Crippen molar-refractivity contribution >= 4 is 0 Å². The van der Waals surface area contributed by atoms with Gasteiger partial charge in [0.25, 0.3) is 0 Å². The van der Waals surface area contributed by atoms with Crippen LogP contribution >= 0.6 is 0 Å². The molecule has 0 radical (unpaired) electrons. The minimum Gasteiger partial charge on any atom is -0.309 e. The van der Waals surface area contributed by atoms with Gasteiger partial charge in [-0.3, -0.25) is 0 Å². The molecule has 1 saturated heterocycles. The number of hydrogen-bond donors (Lipinski definition) is 1. The van der Waals surface area contributed by atoms with Crippen molar-refractivity contribution in [3.63, 3.8) is 0 Å². The summed E-state index contributed by atoms with van der Waals surface area (Å²) in [6.07, 6.45) is 3.79. The zero-order chi connectivity index (χ0) is 12.2. The lowest BCUT2D eigenvalue weighted by Gasteiger charge is -2.43. The Morgan fingerprint density at radius 1 is 1.19 bits per heavy atom. The number of hydrogen-bond acceptors (Lipinski definition) is 2. The molecule has 1 aliphatic heterocycles. The van der Waals surface area contributed by atoms with Gasteiger partial charge in [-0.05, 0) is 31.2 Å². The molecule has 1 aliphatic rings. The molecule has 0 amide bonds. The molecule has 0 aromatic rings. The number of piperazine rings is 1. The zero-order valence-electron chi connectivity index (χ0n) is 11.9. The molecule has 1 rings (SSSR count). The van der Waals surface area contributed by atoms with E-state index in [-0.39, 0.29) is 0 Å².